The lowest BCUT2D eigenvalue weighted by atomic mass is 9.96. The van der Waals surface area contributed by atoms with E-state index in [1.165, 1.54) is 6.26 Å². The van der Waals surface area contributed by atoms with E-state index in [0.29, 0.717) is 23.6 Å². The van der Waals surface area contributed by atoms with Crippen molar-refractivity contribution in [2.45, 2.75) is 44.1 Å². The maximum atomic E-state index is 11.6. The molecule has 148 valence electrons. The van der Waals surface area contributed by atoms with E-state index in [2.05, 4.69) is 5.16 Å². The van der Waals surface area contributed by atoms with E-state index in [9.17, 15) is 13.2 Å². The average molecular weight is 401 g/mol. The number of rotatable bonds is 5. The molecular formula is C21H23NO5S. The standard InChI is InChI=1S/C21H23NO5S/c1-4-5-21(23)26-20-13-19(27-22-20)18-11-8-16(12-14(18)2)15-6-9-17(10-7-15)28(3,24)25/h6-12,19H,4-5,13H2,1-3H3. The Hall–Kier alpha value is -2.67. The summed E-state index contributed by atoms with van der Waals surface area (Å²) in [7, 11) is -3.21. The van der Waals surface area contributed by atoms with Gasteiger partial charge in [-0.3, -0.25) is 4.79 Å². The molecule has 2 aromatic carbocycles. The normalized spacial score (nSPS) is 16.4. The van der Waals surface area contributed by atoms with Gasteiger partial charge in [0.1, 0.15) is 0 Å². The highest BCUT2D eigenvalue weighted by molar-refractivity contribution is 7.90. The van der Waals surface area contributed by atoms with Crippen LogP contribution in [0.3, 0.4) is 0 Å². The van der Waals surface area contributed by atoms with Crippen LogP contribution in [0, 0.1) is 6.92 Å². The van der Waals surface area contributed by atoms with Crippen LogP contribution in [-0.4, -0.2) is 26.5 Å². The number of aryl methyl sites for hydroxylation is 1. The first kappa shape index (κ1) is 20.1. The van der Waals surface area contributed by atoms with E-state index in [4.69, 9.17) is 9.57 Å². The lowest BCUT2D eigenvalue weighted by Gasteiger charge is -2.13. The molecule has 1 aliphatic heterocycles. The van der Waals surface area contributed by atoms with Gasteiger partial charge in [0.2, 0.25) is 5.90 Å². The Morgan fingerprint density at radius 2 is 1.86 bits per heavy atom. The lowest BCUT2D eigenvalue weighted by molar-refractivity contribution is -0.135. The Balaban J connectivity index is 1.72. The number of hydrogen-bond donors (Lipinski definition) is 0. The number of oxime groups is 1. The Bertz CT molecular complexity index is 1010. The number of benzene rings is 2. The third-order valence-electron chi connectivity index (χ3n) is 4.56. The van der Waals surface area contributed by atoms with Crippen molar-refractivity contribution in [2.24, 2.45) is 5.16 Å². The van der Waals surface area contributed by atoms with E-state index in [1.54, 1.807) is 24.3 Å². The summed E-state index contributed by atoms with van der Waals surface area (Å²) in [5.74, 6) is 0.0124. The molecule has 1 heterocycles. The summed E-state index contributed by atoms with van der Waals surface area (Å²) in [4.78, 5) is 17.4. The molecule has 3 rings (SSSR count). The molecule has 0 N–H and O–H groups in total. The van der Waals surface area contributed by atoms with Gasteiger partial charge in [-0.2, -0.15) is 0 Å². The third-order valence-corrected chi connectivity index (χ3v) is 5.69. The van der Waals surface area contributed by atoms with E-state index in [-0.39, 0.29) is 12.1 Å². The second kappa shape index (κ2) is 8.14. The zero-order chi connectivity index (χ0) is 20.3. The van der Waals surface area contributed by atoms with Crippen LogP contribution in [0.4, 0.5) is 0 Å². The van der Waals surface area contributed by atoms with Gasteiger partial charge in [0.25, 0.3) is 0 Å². The monoisotopic (exact) mass is 401 g/mol. The Morgan fingerprint density at radius 3 is 2.46 bits per heavy atom. The molecule has 1 atom stereocenters. The van der Waals surface area contributed by atoms with Crippen molar-refractivity contribution in [3.8, 4) is 11.1 Å². The third kappa shape index (κ3) is 4.59. The largest absolute Gasteiger partial charge is 0.408 e. The summed E-state index contributed by atoms with van der Waals surface area (Å²) in [6, 6.07) is 12.8. The second-order valence-electron chi connectivity index (χ2n) is 6.88. The zero-order valence-electron chi connectivity index (χ0n) is 16.1. The minimum atomic E-state index is -3.21. The van der Waals surface area contributed by atoms with Crippen LogP contribution < -0.4 is 0 Å². The summed E-state index contributed by atoms with van der Waals surface area (Å²) in [5.41, 5.74) is 3.91. The highest BCUT2D eigenvalue weighted by Gasteiger charge is 2.27. The van der Waals surface area contributed by atoms with Gasteiger partial charge in [0, 0.05) is 12.7 Å². The first-order valence-electron chi connectivity index (χ1n) is 9.12. The number of hydrogen-bond acceptors (Lipinski definition) is 6. The number of sulfone groups is 1. The highest BCUT2D eigenvalue weighted by Crippen LogP contribution is 2.32. The number of esters is 1. The molecule has 7 heteroatoms. The minimum Gasteiger partial charge on any atom is -0.408 e. The maximum Gasteiger partial charge on any atom is 0.312 e. The van der Waals surface area contributed by atoms with Crippen molar-refractivity contribution >= 4 is 21.7 Å². The van der Waals surface area contributed by atoms with Crippen LogP contribution in [0.5, 0.6) is 0 Å². The van der Waals surface area contributed by atoms with Crippen LogP contribution >= 0.6 is 0 Å². The first-order chi connectivity index (χ1) is 13.3. The number of ether oxygens (including phenoxy) is 1. The molecule has 0 amide bonds. The van der Waals surface area contributed by atoms with Crippen molar-refractivity contribution < 1.29 is 22.8 Å². The van der Waals surface area contributed by atoms with Crippen LogP contribution in [0.1, 0.15) is 43.4 Å². The van der Waals surface area contributed by atoms with E-state index in [0.717, 1.165) is 28.7 Å². The molecule has 2 aromatic rings. The Labute approximate surface area is 165 Å². The minimum absolute atomic E-state index is 0.286. The second-order valence-corrected chi connectivity index (χ2v) is 8.89. The number of nitrogens with zero attached hydrogens (tertiary/aromatic N) is 1. The molecule has 1 unspecified atom stereocenters. The number of carbonyl (C=O) groups is 1. The molecule has 6 nitrogen and oxygen atoms in total. The lowest BCUT2D eigenvalue weighted by Crippen LogP contribution is -2.11. The first-order valence-corrected chi connectivity index (χ1v) is 11.0. The maximum absolute atomic E-state index is 11.6. The molecule has 1 aliphatic rings. The van der Waals surface area contributed by atoms with Crippen molar-refractivity contribution in [2.75, 3.05) is 6.26 Å². The van der Waals surface area contributed by atoms with Gasteiger partial charge in [0.05, 0.1) is 11.3 Å². The summed E-state index contributed by atoms with van der Waals surface area (Å²) < 4.78 is 28.4. The molecule has 28 heavy (non-hydrogen) atoms. The molecule has 0 spiro atoms. The van der Waals surface area contributed by atoms with Crippen LogP contribution in [0.25, 0.3) is 11.1 Å². The quantitative estimate of drug-likeness (QED) is 0.702. The molecule has 0 bridgehead atoms. The smallest absolute Gasteiger partial charge is 0.312 e. The SMILES string of the molecule is CCCC(=O)OC1=NOC(c2ccc(-c3ccc(S(C)(=O)=O)cc3)cc2C)C1. The molecule has 0 aromatic heterocycles. The van der Waals surface area contributed by atoms with E-state index >= 15 is 0 Å². The van der Waals surface area contributed by atoms with Gasteiger partial charge in [-0.1, -0.05) is 42.4 Å². The van der Waals surface area contributed by atoms with Gasteiger partial charge in [-0.15, -0.1) is 0 Å². The fourth-order valence-corrected chi connectivity index (χ4v) is 3.71. The predicted octanol–water partition coefficient (Wildman–Crippen LogP) is 4.18. The van der Waals surface area contributed by atoms with Crippen molar-refractivity contribution in [3.05, 3.63) is 53.6 Å². The van der Waals surface area contributed by atoms with Gasteiger partial charge >= 0.3 is 5.97 Å². The van der Waals surface area contributed by atoms with Gasteiger partial charge in [-0.05, 0) is 47.7 Å². The molecule has 0 saturated carbocycles. The van der Waals surface area contributed by atoms with Crippen LogP contribution in [-0.2, 0) is 24.2 Å². The molecule has 0 fully saturated rings. The zero-order valence-corrected chi connectivity index (χ0v) is 17.0. The van der Waals surface area contributed by atoms with Gasteiger partial charge in [-0.25, -0.2) is 8.42 Å². The summed E-state index contributed by atoms with van der Waals surface area (Å²) in [6.45, 7) is 3.89. The average Bonchev–Trinajstić information content (AvgIpc) is 3.09. The summed E-state index contributed by atoms with van der Waals surface area (Å²) in [5, 5.41) is 3.89. The summed E-state index contributed by atoms with van der Waals surface area (Å²) >= 11 is 0. The van der Waals surface area contributed by atoms with E-state index in [1.807, 2.05) is 32.0 Å². The molecular weight excluding hydrogens is 378 g/mol. The summed E-state index contributed by atoms with van der Waals surface area (Å²) in [6.07, 6.45) is 2.40. The highest BCUT2D eigenvalue weighted by atomic mass is 32.2. The molecule has 0 radical (unpaired) electrons. The van der Waals surface area contributed by atoms with E-state index < -0.39 is 9.84 Å². The Morgan fingerprint density at radius 1 is 1.18 bits per heavy atom. The molecule has 0 saturated heterocycles. The molecule has 0 aliphatic carbocycles. The predicted molar refractivity (Wildman–Crippen MR) is 107 cm³/mol. The fourth-order valence-electron chi connectivity index (χ4n) is 3.08. The van der Waals surface area contributed by atoms with Crippen molar-refractivity contribution in [3.63, 3.8) is 0 Å². The van der Waals surface area contributed by atoms with Crippen molar-refractivity contribution in [1.29, 1.82) is 0 Å². The van der Waals surface area contributed by atoms with Crippen LogP contribution in [0.15, 0.2) is 52.5 Å². The topological polar surface area (TPSA) is 82.0 Å². The number of carbonyl (C=O) groups excluding carboxylic acids is 1. The van der Waals surface area contributed by atoms with Crippen molar-refractivity contribution in [1.82, 2.24) is 0 Å². The van der Waals surface area contributed by atoms with Crippen LogP contribution in [0.2, 0.25) is 0 Å². The Kier molecular flexibility index (Phi) is 5.84. The van der Waals surface area contributed by atoms with Gasteiger partial charge < -0.3 is 9.57 Å². The van der Waals surface area contributed by atoms with Gasteiger partial charge in [0.15, 0.2) is 15.9 Å². The fraction of sp³-hybridized carbons (Fsp3) is 0.333.